The van der Waals surface area contributed by atoms with Gasteiger partial charge in [0.25, 0.3) is 5.91 Å². The Morgan fingerprint density at radius 3 is 2.65 bits per heavy atom. The first-order chi connectivity index (χ1) is 12.7. The molecular formula is C18H26N4O4. The van der Waals surface area contributed by atoms with Crippen LogP contribution in [0.5, 0.6) is 0 Å². The van der Waals surface area contributed by atoms with Gasteiger partial charge in [-0.1, -0.05) is 0 Å². The predicted molar refractivity (Wildman–Crippen MR) is 96.2 cm³/mol. The molecule has 0 aliphatic carbocycles. The Hall–Kier alpha value is -2.35. The van der Waals surface area contributed by atoms with Gasteiger partial charge in [-0.2, -0.15) is 0 Å². The molecule has 0 aromatic carbocycles. The number of rotatable bonds is 5. The molecule has 1 N–H and O–H groups in total. The van der Waals surface area contributed by atoms with Crippen molar-refractivity contribution in [3.05, 3.63) is 24.0 Å². The van der Waals surface area contributed by atoms with Crippen LogP contribution in [0.3, 0.4) is 0 Å². The summed E-state index contributed by atoms with van der Waals surface area (Å²) in [4.78, 5) is 31.9. The molecule has 142 valence electrons. The summed E-state index contributed by atoms with van der Waals surface area (Å²) in [5.74, 6) is -0.112. The highest BCUT2D eigenvalue weighted by Gasteiger charge is 2.26. The number of ether oxygens (including phenoxy) is 2. The maximum atomic E-state index is 12.6. The second-order valence-electron chi connectivity index (χ2n) is 6.43. The molecule has 1 aromatic heterocycles. The molecule has 1 unspecified atom stereocenters. The van der Waals surface area contributed by atoms with Crippen molar-refractivity contribution in [1.29, 1.82) is 0 Å². The predicted octanol–water partition coefficient (Wildman–Crippen LogP) is 1.59. The maximum absolute atomic E-state index is 12.6. The lowest BCUT2D eigenvalue weighted by Gasteiger charge is -2.33. The molecule has 2 fully saturated rings. The highest BCUT2D eigenvalue weighted by atomic mass is 16.6. The van der Waals surface area contributed by atoms with Crippen LogP contribution in [0, 0.1) is 0 Å². The van der Waals surface area contributed by atoms with Crippen molar-refractivity contribution < 1.29 is 19.1 Å². The fourth-order valence-corrected chi connectivity index (χ4v) is 3.13. The van der Waals surface area contributed by atoms with E-state index in [0.29, 0.717) is 38.5 Å². The number of hydrogen-bond donors (Lipinski definition) is 1. The van der Waals surface area contributed by atoms with Gasteiger partial charge in [0.1, 0.15) is 5.69 Å². The first kappa shape index (κ1) is 18.4. The second kappa shape index (κ2) is 8.84. The zero-order valence-electron chi connectivity index (χ0n) is 15.1. The highest BCUT2D eigenvalue weighted by Crippen LogP contribution is 2.14. The van der Waals surface area contributed by atoms with Crippen LogP contribution in [0.1, 0.15) is 30.3 Å². The van der Waals surface area contributed by atoms with E-state index in [1.54, 1.807) is 29.0 Å². The van der Waals surface area contributed by atoms with Crippen LogP contribution in [0.2, 0.25) is 0 Å². The normalized spacial score (nSPS) is 20.1. The van der Waals surface area contributed by atoms with Crippen LogP contribution < -0.4 is 5.32 Å². The van der Waals surface area contributed by atoms with Gasteiger partial charge in [0.05, 0.1) is 24.6 Å². The van der Waals surface area contributed by atoms with Gasteiger partial charge in [-0.25, -0.2) is 9.78 Å². The number of amides is 2. The van der Waals surface area contributed by atoms with E-state index in [2.05, 4.69) is 10.3 Å². The van der Waals surface area contributed by atoms with Crippen molar-refractivity contribution in [3.8, 4) is 0 Å². The van der Waals surface area contributed by atoms with Crippen molar-refractivity contribution in [1.82, 2.24) is 14.8 Å². The summed E-state index contributed by atoms with van der Waals surface area (Å²) in [5.41, 5.74) is 1.29. The third kappa shape index (κ3) is 4.63. The van der Waals surface area contributed by atoms with Crippen LogP contribution >= 0.6 is 0 Å². The Kier molecular flexibility index (Phi) is 6.27. The SMILES string of the molecule is CCOC(=O)N1CCN(C(=O)c2ccc(NCC3CCCO3)cn2)CC1. The van der Waals surface area contributed by atoms with E-state index in [9.17, 15) is 9.59 Å². The fourth-order valence-electron chi connectivity index (χ4n) is 3.13. The van der Waals surface area contributed by atoms with Crippen molar-refractivity contribution in [2.24, 2.45) is 0 Å². The van der Waals surface area contributed by atoms with E-state index in [0.717, 1.165) is 31.7 Å². The van der Waals surface area contributed by atoms with Crippen molar-refractivity contribution >= 4 is 17.7 Å². The number of aromatic nitrogens is 1. The van der Waals surface area contributed by atoms with E-state index in [1.807, 2.05) is 6.07 Å². The molecule has 3 rings (SSSR count). The lowest BCUT2D eigenvalue weighted by atomic mass is 10.2. The molecule has 26 heavy (non-hydrogen) atoms. The largest absolute Gasteiger partial charge is 0.450 e. The summed E-state index contributed by atoms with van der Waals surface area (Å²) in [5, 5.41) is 3.29. The molecule has 2 aliphatic rings. The van der Waals surface area contributed by atoms with Gasteiger partial charge in [-0.3, -0.25) is 4.79 Å². The van der Waals surface area contributed by atoms with E-state index < -0.39 is 0 Å². The van der Waals surface area contributed by atoms with Crippen LogP contribution in [-0.2, 0) is 9.47 Å². The summed E-state index contributed by atoms with van der Waals surface area (Å²) in [6, 6.07) is 3.60. The number of carbonyl (C=O) groups is 2. The minimum atomic E-state index is -0.320. The first-order valence-electron chi connectivity index (χ1n) is 9.20. The van der Waals surface area contributed by atoms with Gasteiger partial charge in [-0.15, -0.1) is 0 Å². The Balaban J connectivity index is 1.48. The molecule has 0 bridgehead atoms. The monoisotopic (exact) mass is 362 g/mol. The third-order valence-corrected chi connectivity index (χ3v) is 4.63. The topological polar surface area (TPSA) is 84.0 Å². The molecule has 1 atom stereocenters. The molecule has 2 aliphatic heterocycles. The van der Waals surface area contributed by atoms with Crippen molar-refractivity contribution in [2.45, 2.75) is 25.9 Å². The number of anilines is 1. The van der Waals surface area contributed by atoms with Gasteiger partial charge < -0.3 is 24.6 Å². The van der Waals surface area contributed by atoms with E-state index in [-0.39, 0.29) is 18.1 Å². The van der Waals surface area contributed by atoms with E-state index in [4.69, 9.17) is 9.47 Å². The van der Waals surface area contributed by atoms with E-state index >= 15 is 0 Å². The Morgan fingerprint density at radius 2 is 2.04 bits per heavy atom. The first-order valence-corrected chi connectivity index (χ1v) is 9.20. The lowest BCUT2D eigenvalue weighted by molar-refractivity contribution is 0.0566. The molecule has 2 amide bonds. The standard InChI is InChI=1S/C18H26N4O4/c1-2-25-18(24)22-9-7-21(8-10-22)17(23)16-6-5-14(12-20-16)19-13-15-4-3-11-26-15/h5-6,12,15,19H,2-4,7-11,13H2,1H3. The fraction of sp³-hybridized carbons (Fsp3) is 0.611. The molecule has 8 nitrogen and oxygen atoms in total. The summed E-state index contributed by atoms with van der Waals surface area (Å²) >= 11 is 0. The maximum Gasteiger partial charge on any atom is 0.409 e. The Morgan fingerprint density at radius 1 is 1.27 bits per heavy atom. The third-order valence-electron chi connectivity index (χ3n) is 4.63. The molecule has 0 saturated carbocycles. The summed E-state index contributed by atoms with van der Waals surface area (Å²) in [7, 11) is 0. The molecule has 0 radical (unpaired) electrons. The second-order valence-corrected chi connectivity index (χ2v) is 6.43. The van der Waals surface area contributed by atoms with Gasteiger partial charge >= 0.3 is 6.09 Å². The van der Waals surface area contributed by atoms with Crippen molar-refractivity contribution in [2.75, 3.05) is 51.3 Å². The van der Waals surface area contributed by atoms with Gasteiger partial charge in [-0.05, 0) is 31.9 Å². The Bertz CT molecular complexity index is 608. The zero-order chi connectivity index (χ0) is 18.4. The summed E-state index contributed by atoms with van der Waals surface area (Å²) in [6.45, 7) is 5.65. The number of pyridine rings is 1. The van der Waals surface area contributed by atoms with Crippen LogP contribution in [-0.4, -0.2) is 78.8 Å². The zero-order valence-corrected chi connectivity index (χ0v) is 15.1. The molecule has 0 spiro atoms. The molecule has 1 aromatic rings. The van der Waals surface area contributed by atoms with E-state index in [1.165, 1.54) is 0 Å². The minimum absolute atomic E-state index is 0.112. The lowest BCUT2D eigenvalue weighted by Crippen LogP contribution is -2.50. The number of nitrogens with one attached hydrogen (secondary N) is 1. The van der Waals surface area contributed by atoms with Crippen LogP contribution in [0.25, 0.3) is 0 Å². The minimum Gasteiger partial charge on any atom is -0.450 e. The number of hydrogen-bond acceptors (Lipinski definition) is 6. The van der Waals surface area contributed by atoms with Gasteiger partial charge in [0.15, 0.2) is 0 Å². The number of carbonyl (C=O) groups excluding carboxylic acids is 2. The summed E-state index contributed by atoms with van der Waals surface area (Å²) < 4.78 is 10.6. The van der Waals surface area contributed by atoms with Crippen LogP contribution in [0.15, 0.2) is 18.3 Å². The van der Waals surface area contributed by atoms with Crippen molar-refractivity contribution in [3.63, 3.8) is 0 Å². The highest BCUT2D eigenvalue weighted by molar-refractivity contribution is 5.92. The molecule has 8 heteroatoms. The van der Waals surface area contributed by atoms with Crippen LogP contribution in [0.4, 0.5) is 10.5 Å². The van der Waals surface area contributed by atoms with Gasteiger partial charge in [0.2, 0.25) is 0 Å². The number of piperazine rings is 1. The molecular weight excluding hydrogens is 336 g/mol. The quantitative estimate of drug-likeness (QED) is 0.856. The van der Waals surface area contributed by atoms with Gasteiger partial charge in [0, 0.05) is 39.3 Å². The number of nitrogens with zero attached hydrogens (tertiary/aromatic N) is 3. The molecule has 2 saturated heterocycles. The average Bonchev–Trinajstić information content (AvgIpc) is 3.20. The average molecular weight is 362 g/mol. The Labute approximate surface area is 153 Å². The smallest absolute Gasteiger partial charge is 0.409 e. The molecule has 3 heterocycles. The summed E-state index contributed by atoms with van der Waals surface area (Å²) in [6.07, 6.45) is 3.80.